The third-order valence-corrected chi connectivity index (χ3v) is 5.01. The maximum absolute atomic E-state index is 12.9. The molecule has 2 heterocycles. The molecule has 0 fully saturated rings. The van der Waals surface area contributed by atoms with Crippen LogP contribution >= 0.6 is 0 Å². The summed E-state index contributed by atoms with van der Waals surface area (Å²) in [5.41, 5.74) is 4.12. The van der Waals surface area contributed by atoms with Crippen molar-refractivity contribution >= 4 is 22.4 Å². The average Bonchev–Trinajstić information content (AvgIpc) is 2.73. The van der Waals surface area contributed by atoms with Gasteiger partial charge in [-0.05, 0) is 74.4 Å². The summed E-state index contributed by atoms with van der Waals surface area (Å²) in [5.74, 6) is 0.458. The van der Waals surface area contributed by atoms with E-state index in [0.29, 0.717) is 23.6 Å². The molecule has 0 unspecified atom stereocenters. The van der Waals surface area contributed by atoms with E-state index in [9.17, 15) is 13.2 Å². The van der Waals surface area contributed by atoms with Crippen LogP contribution in [0, 0.1) is 13.8 Å². The van der Waals surface area contributed by atoms with E-state index in [1.54, 1.807) is 6.20 Å². The first-order chi connectivity index (χ1) is 15.3. The van der Waals surface area contributed by atoms with Crippen molar-refractivity contribution in [2.24, 2.45) is 0 Å². The quantitative estimate of drug-likeness (QED) is 0.387. The summed E-state index contributed by atoms with van der Waals surface area (Å²) in [6.07, 6.45) is -2.65. The van der Waals surface area contributed by atoms with Crippen molar-refractivity contribution in [3.63, 3.8) is 0 Å². The van der Waals surface area contributed by atoms with Gasteiger partial charge in [0.15, 0.2) is 0 Å². The zero-order valence-electron chi connectivity index (χ0n) is 17.8. The average molecular weight is 438 g/mol. The van der Waals surface area contributed by atoms with Crippen LogP contribution in [-0.4, -0.2) is 21.6 Å². The molecule has 0 saturated heterocycles. The number of alkyl halides is 3. The van der Waals surface area contributed by atoms with Gasteiger partial charge in [-0.2, -0.15) is 23.1 Å². The predicted molar refractivity (Wildman–Crippen MR) is 118 cm³/mol. The molecule has 2 aromatic carbocycles. The second-order valence-corrected chi connectivity index (χ2v) is 7.34. The van der Waals surface area contributed by atoms with Gasteiger partial charge in [-0.15, -0.1) is 0 Å². The van der Waals surface area contributed by atoms with Gasteiger partial charge in [0.2, 0.25) is 0 Å². The Morgan fingerprint density at radius 2 is 1.72 bits per heavy atom. The molecule has 0 saturated carbocycles. The summed E-state index contributed by atoms with van der Waals surface area (Å²) in [5, 5.41) is 3.88. The summed E-state index contributed by atoms with van der Waals surface area (Å²) >= 11 is 0. The van der Waals surface area contributed by atoms with Crippen LogP contribution in [0.5, 0.6) is 6.01 Å². The SMILES string of the molecule is CCOc1nc(Nc2ccc(C(F)(F)F)cc2)c2c(C)cc(-c3ncccc3C)cc2n1. The van der Waals surface area contributed by atoms with E-state index in [1.807, 2.05) is 45.0 Å². The van der Waals surface area contributed by atoms with Crippen molar-refractivity contribution < 1.29 is 17.9 Å². The van der Waals surface area contributed by atoms with E-state index in [4.69, 9.17) is 4.74 Å². The van der Waals surface area contributed by atoms with Crippen LogP contribution in [0.1, 0.15) is 23.6 Å². The van der Waals surface area contributed by atoms with Gasteiger partial charge in [-0.25, -0.2) is 0 Å². The Labute approximate surface area is 183 Å². The molecular weight excluding hydrogens is 417 g/mol. The Balaban J connectivity index is 1.82. The van der Waals surface area contributed by atoms with Gasteiger partial charge in [0.05, 0.1) is 23.4 Å². The van der Waals surface area contributed by atoms with Crippen LogP contribution in [0.4, 0.5) is 24.7 Å². The number of benzene rings is 2. The number of halogens is 3. The third kappa shape index (κ3) is 4.34. The van der Waals surface area contributed by atoms with Crippen molar-refractivity contribution in [2.75, 3.05) is 11.9 Å². The molecule has 0 aliphatic carbocycles. The fourth-order valence-corrected chi connectivity index (χ4v) is 3.53. The normalized spacial score (nSPS) is 11.6. The summed E-state index contributed by atoms with van der Waals surface area (Å²) in [7, 11) is 0. The largest absolute Gasteiger partial charge is 0.464 e. The Hall–Kier alpha value is -3.68. The van der Waals surface area contributed by atoms with Crippen molar-refractivity contribution in [1.82, 2.24) is 15.0 Å². The zero-order chi connectivity index (χ0) is 22.9. The fourth-order valence-electron chi connectivity index (χ4n) is 3.53. The molecule has 4 aromatic rings. The van der Waals surface area contributed by atoms with E-state index in [-0.39, 0.29) is 6.01 Å². The van der Waals surface area contributed by atoms with Crippen molar-refractivity contribution in [1.29, 1.82) is 0 Å². The van der Waals surface area contributed by atoms with E-state index in [0.717, 1.165) is 39.9 Å². The lowest BCUT2D eigenvalue weighted by molar-refractivity contribution is -0.137. The topological polar surface area (TPSA) is 59.9 Å². The molecule has 0 aliphatic rings. The smallest absolute Gasteiger partial charge is 0.416 e. The molecule has 0 spiro atoms. The summed E-state index contributed by atoms with van der Waals surface area (Å²) in [4.78, 5) is 13.5. The summed E-state index contributed by atoms with van der Waals surface area (Å²) in [6, 6.07) is 12.8. The highest BCUT2D eigenvalue weighted by Crippen LogP contribution is 2.34. The van der Waals surface area contributed by atoms with Crippen molar-refractivity contribution in [3.8, 4) is 17.3 Å². The number of rotatable bonds is 5. The molecule has 5 nitrogen and oxygen atoms in total. The second-order valence-electron chi connectivity index (χ2n) is 7.34. The lowest BCUT2D eigenvalue weighted by atomic mass is 10.0. The van der Waals surface area contributed by atoms with Gasteiger partial charge in [0.1, 0.15) is 5.82 Å². The Morgan fingerprint density at radius 3 is 2.38 bits per heavy atom. The van der Waals surface area contributed by atoms with Crippen LogP contribution in [0.3, 0.4) is 0 Å². The Bertz CT molecular complexity index is 1270. The van der Waals surface area contributed by atoms with Gasteiger partial charge < -0.3 is 10.1 Å². The van der Waals surface area contributed by atoms with Crippen LogP contribution in [-0.2, 0) is 6.18 Å². The monoisotopic (exact) mass is 438 g/mol. The molecule has 1 N–H and O–H groups in total. The second kappa shape index (κ2) is 8.45. The molecular formula is C24H21F3N4O. The van der Waals surface area contributed by atoms with Gasteiger partial charge in [0, 0.05) is 22.8 Å². The standard InChI is InChI=1S/C24H21F3N4O/c1-4-32-23-30-19-13-16(21-14(2)6-5-11-28-21)12-15(3)20(19)22(31-23)29-18-9-7-17(8-10-18)24(25,26)27/h5-13H,4H2,1-3H3,(H,29,30,31). The minimum atomic E-state index is -4.39. The zero-order valence-corrected chi connectivity index (χ0v) is 17.8. The molecule has 164 valence electrons. The number of nitrogens with zero attached hydrogens (tertiary/aromatic N) is 3. The maximum atomic E-state index is 12.9. The number of pyridine rings is 1. The first-order valence-corrected chi connectivity index (χ1v) is 10.1. The number of hydrogen-bond donors (Lipinski definition) is 1. The highest BCUT2D eigenvalue weighted by molar-refractivity contribution is 5.96. The molecule has 8 heteroatoms. The van der Waals surface area contributed by atoms with Crippen LogP contribution in [0.15, 0.2) is 54.7 Å². The molecule has 0 aliphatic heterocycles. The van der Waals surface area contributed by atoms with Gasteiger partial charge >= 0.3 is 12.2 Å². The van der Waals surface area contributed by atoms with E-state index >= 15 is 0 Å². The lowest BCUT2D eigenvalue weighted by Crippen LogP contribution is -2.05. The van der Waals surface area contributed by atoms with E-state index in [2.05, 4.69) is 20.3 Å². The van der Waals surface area contributed by atoms with Gasteiger partial charge in [-0.1, -0.05) is 6.07 Å². The summed E-state index contributed by atoms with van der Waals surface area (Å²) < 4.78 is 44.2. The number of fused-ring (bicyclic) bond motifs is 1. The van der Waals surface area contributed by atoms with E-state index < -0.39 is 11.7 Å². The highest BCUT2D eigenvalue weighted by atomic mass is 19.4. The molecule has 0 radical (unpaired) electrons. The molecule has 2 aromatic heterocycles. The number of hydrogen-bond acceptors (Lipinski definition) is 5. The molecule has 0 atom stereocenters. The minimum Gasteiger partial charge on any atom is -0.464 e. The first kappa shape index (κ1) is 21.5. The number of ether oxygens (including phenoxy) is 1. The molecule has 4 rings (SSSR count). The molecule has 0 amide bonds. The van der Waals surface area contributed by atoms with Gasteiger partial charge in [0.25, 0.3) is 0 Å². The summed E-state index contributed by atoms with van der Waals surface area (Å²) in [6.45, 7) is 6.13. The van der Waals surface area contributed by atoms with E-state index in [1.165, 1.54) is 12.1 Å². The van der Waals surface area contributed by atoms with Crippen LogP contribution in [0.2, 0.25) is 0 Å². The molecule has 0 bridgehead atoms. The van der Waals surface area contributed by atoms with Gasteiger partial charge in [-0.3, -0.25) is 4.98 Å². The highest BCUT2D eigenvalue weighted by Gasteiger charge is 2.30. The van der Waals surface area contributed by atoms with Crippen LogP contribution in [0.25, 0.3) is 22.2 Å². The fraction of sp³-hybridized carbons (Fsp3) is 0.208. The van der Waals surface area contributed by atoms with Crippen molar-refractivity contribution in [2.45, 2.75) is 26.9 Å². The third-order valence-electron chi connectivity index (χ3n) is 5.01. The first-order valence-electron chi connectivity index (χ1n) is 10.1. The van der Waals surface area contributed by atoms with Crippen LogP contribution < -0.4 is 10.1 Å². The number of nitrogens with one attached hydrogen (secondary N) is 1. The Kier molecular flexibility index (Phi) is 5.69. The number of aromatic nitrogens is 3. The van der Waals surface area contributed by atoms with Crippen molar-refractivity contribution in [3.05, 3.63) is 71.4 Å². The minimum absolute atomic E-state index is 0.184. The molecule has 32 heavy (non-hydrogen) atoms. The maximum Gasteiger partial charge on any atom is 0.416 e. The number of aryl methyl sites for hydroxylation is 2. The predicted octanol–water partition coefficient (Wildman–Crippen LogP) is 6.47. The Morgan fingerprint density at radius 1 is 0.969 bits per heavy atom. The number of anilines is 2. The lowest BCUT2D eigenvalue weighted by Gasteiger charge is -2.15.